The minimum Gasteiger partial charge on any atom is -0.372 e. The Balaban J connectivity index is 2.35. The first-order valence-electron chi connectivity index (χ1n) is 8.64. The largest absolute Gasteiger partial charge is 0.372 e. The molecule has 0 amide bonds. The molecule has 0 aliphatic rings. The Bertz CT molecular complexity index is 366. The van der Waals surface area contributed by atoms with Crippen molar-refractivity contribution in [3.63, 3.8) is 0 Å². The van der Waals surface area contributed by atoms with Crippen LogP contribution in [0.4, 0.5) is 5.69 Å². The highest BCUT2D eigenvalue weighted by Crippen LogP contribution is 2.15. The number of nitrogens with zero attached hydrogens (tertiary/aromatic N) is 1. The van der Waals surface area contributed by atoms with Crippen LogP contribution < -0.4 is 10.2 Å². The molecule has 1 atom stereocenters. The van der Waals surface area contributed by atoms with Gasteiger partial charge >= 0.3 is 0 Å². The highest BCUT2D eigenvalue weighted by Gasteiger charge is 2.04. The molecule has 1 N–H and O–H groups in total. The van der Waals surface area contributed by atoms with Gasteiger partial charge in [-0.25, -0.2) is 0 Å². The molecule has 0 saturated carbocycles. The Morgan fingerprint density at radius 1 is 0.952 bits per heavy atom. The molecule has 2 nitrogen and oxygen atoms in total. The van der Waals surface area contributed by atoms with Crippen molar-refractivity contribution in [3.05, 3.63) is 29.8 Å². The molecule has 0 fully saturated rings. The van der Waals surface area contributed by atoms with Crippen molar-refractivity contribution < 1.29 is 0 Å². The third kappa shape index (κ3) is 6.99. The van der Waals surface area contributed by atoms with Gasteiger partial charge in [0.1, 0.15) is 0 Å². The van der Waals surface area contributed by atoms with Gasteiger partial charge in [0.15, 0.2) is 0 Å². The molecular weight excluding hydrogens is 256 g/mol. The Kier molecular flexibility index (Phi) is 8.44. The Labute approximate surface area is 131 Å². The quantitative estimate of drug-likeness (QED) is 0.663. The average molecular weight is 290 g/mol. The van der Waals surface area contributed by atoms with E-state index >= 15 is 0 Å². The SMILES string of the molecule is CCN(CC)c1ccc(CNC(C)CCCC(C)C)cc1. The molecule has 1 aromatic rings. The van der Waals surface area contributed by atoms with Crippen LogP contribution in [-0.4, -0.2) is 19.1 Å². The number of hydrogen-bond acceptors (Lipinski definition) is 2. The van der Waals surface area contributed by atoms with Gasteiger partial charge in [-0.15, -0.1) is 0 Å². The second kappa shape index (κ2) is 9.83. The number of benzene rings is 1. The lowest BCUT2D eigenvalue weighted by atomic mass is 10.0. The smallest absolute Gasteiger partial charge is 0.0366 e. The molecule has 0 heterocycles. The van der Waals surface area contributed by atoms with Gasteiger partial charge in [0.2, 0.25) is 0 Å². The first-order chi connectivity index (χ1) is 10.1. The van der Waals surface area contributed by atoms with Crippen molar-refractivity contribution in [2.24, 2.45) is 5.92 Å². The van der Waals surface area contributed by atoms with Crippen LogP contribution in [0, 0.1) is 5.92 Å². The lowest BCUT2D eigenvalue weighted by Gasteiger charge is -2.21. The van der Waals surface area contributed by atoms with Crippen molar-refractivity contribution in [1.82, 2.24) is 5.32 Å². The zero-order valence-electron chi connectivity index (χ0n) is 14.7. The normalized spacial score (nSPS) is 12.7. The molecule has 0 aliphatic carbocycles. The molecule has 1 unspecified atom stereocenters. The third-order valence-corrected chi connectivity index (χ3v) is 4.14. The molecule has 21 heavy (non-hydrogen) atoms. The van der Waals surface area contributed by atoms with Gasteiger partial charge in [0.25, 0.3) is 0 Å². The van der Waals surface area contributed by atoms with Crippen LogP contribution in [0.3, 0.4) is 0 Å². The Morgan fingerprint density at radius 3 is 2.10 bits per heavy atom. The van der Waals surface area contributed by atoms with E-state index in [0.717, 1.165) is 25.6 Å². The zero-order valence-corrected chi connectivity index (χ0v) is 14.7. The summed E-state index contributed by atoms with van der Waals surface area (Å²) in [5, 5.41) is 3.64. The van der Waals surface area contributed by atoms with Gasteiger partial charge in [-0.1, -0.05) is 38.8 Å². The second-order valence-corrected chi connectivity index (χ2v) is 6.45. The van der Waals surface area contributed by atoms with Gasteiger partial charge in [-0.05, 0) is 50.8 Å². The standard InChI is InChI=1S/C19H34N2/c1-6-21(7-2)19-13-11-18(12-14-19)15-20-17(5)10-8-9-16(3)4/h11-14,16-17,20H,6-10,15H2,1-5H3. The lowest BCUT2D eigenvalue weighted by Crippen LogP contribution is -2.25. The number of anilines is 1. The summed E-state index contributed by atoms with van der Waals surface area (Å²) < 4.78 is 0. The summed E-state index contributed by atoms with van der Waals surface area (Å²) in [5.41, 5.74) is 2.70. The van der Waals surface area contributed by atoms with Crippen LogP contribution in [0.25, 0.3) is 0 Å². The van der Waals surface area contributed by atoms with Crippen LogP contribution in [-0.2, 0) is 6.54 Å². The first-order valence-corrected chi connectivity index (χ1v) is 8.64. The third-order valence-electron chi connectivity index (χ3n) is 4.14. The summed E-state index contributed by atoms with van der Waals surface area (Å²) in [6.07, 6.45) is 3.94. The van der Waals surface area contributed by atoms with Gasteiger partial charge in [0.05, 0.1) is 0 Å². The van der Waals surface area contributed by atoms with Gasteiger partial charge in [-0.2, -0.15) is 0 Å². The average Bonchev–Trinajstić information content (AvgIpc) is 2.47. The highest BCUT2D eigenvalue weighted by atomic mass is 15.1. The fourth-order valence-electron chi connectivity index (χ4n) is 2.64. The molecule has 2 heteroatoms. The van der Waals surface area contributed by atoms with E-state index < -0.39 is 0 Å². The van der Waals surface area contributed by atoms with Crippen LogP contribution in [0.1, 0.15) is 59.4 Å². The van der Waals surface area contributed by atoms with E-state index in [1.54, 1.807) is 0 Å². The van der Waals surface area contributed by atoms with E-state index in [4.69, 9.17) is 0 Å². The summed E-state index contributed by atoms with van der Waals surface area (Å²) in [7, 11) is 0. The molecule has 0 saturated heterocycles. The minimum atomic E-state index is 0.603. The lowest BCUT2D eigenvalue weighted by molar-refractivity contribution is 0.457. The topological polar surface area (TPSA) is 15.3 Å². The molecule has 1 aromatic carbocycles. The Morgan fingerprint density at radius 2 is 1.57 bits per heavy atom. The number of nitrogens with one attached hydrogen (secondary N) is 1. The zero-order chi connectivity index (χ0) is 15.7. The van der Waals surface area contributed by atoms with Crippen molar-refractivity contribution in [2.45, 2.75) is 66.5 Å². The molecule has 0 spiro atoms. The van der Waals surface area contributed by atoms with E-state index in [1.165, 1.54) is 30.5 Å². The predicted octanol–water partition coefficient (Wildman–Crippen LogP) is 4.84. The van der Waals surface area contributed by atoms with Crippen LogP contribution >= 0.6 is 0 Å². The summed E-state index contributed by atoms with van der Waals surface area (Å²) in [4.78, 5) is 2.38. The second-order valence-electron chi connectivity index (χ2n) is 6.45. The minimum absolute atomic E-state index is 0.603. The summed E-state index contributed by atoms with van der Waals surface area (Å²) >= 11 is 0. The van der Waals surface area contributed by atoms with Gasteiger partial charge < -0.3 is 10.2 Å². The molecule has 0 aliphatic heterocycles. The highest BCUT2D eigenvalue weighted by molar-refractivity contribution is 5.47. The molecule has 0 bridgehead atoms. The van der Waals surface area contributed by atoms with Crippen molar-refractivity contribution >= 4 is 5.69 Å². The number of hydrogen-bond donors (Lipinski definition) is 1. The molecule has 0 aromatic heterocycles. The summed E-state index contributed by atoms with van der Waals surface area (Å²) in [5.74, 6) is 0.824. The first kappa shape index (κ1) is 18.0. The van der Waals surface area contributed by atoms with Crippen LogP contribution in [0.2, 0.25) is 0 Å². The molecule has 120 valence electrons. The van der Waals surface area contributed by atoms with Crippen molar-refractivity contribution in [3.8, 4) is 0 Å². The maximum Gasteiger partial charge on any atom is 0.0366 e. The number of rotatable bonds is 10. The monoisotopic (exact) mass is 290 g/mol. The summed E-state index contributed by atoms with van der Waals surface area (Å²) in [6, 6.07) is 9.59. The molecular formula is C19H34N2. The van der Waals surface area contributed by atoms with Crippen molar-refractivity contribution in [1.29, 1.82) is 0 Å². The fraction of sp³-hybridized carbons (Fsp3) is 0.684. The molecule has 0 radical (unpaired) electrons. The maximum atomic E-state index is 3.64. The van der Waals surface area contributed by atoms with Gasteiger partial charge in [0, 0.05) is 31.4 Å². The predicted molar refractivity (Wildman–Crippen MR) is 95.0 cm³/mol. The summed E-state index contributed by atoms with van der Waals surface area (Å²) in [6.45, 7) is 14.4. The van der Waals surface area contributed by atoms with E-state index in [-0.39, 0.29) is 0 Å². The van der Waals surface area contributed by atoms with Crippen LogP contribution in [0.5, 0.6) is 0 Å². The van der Waals surface area contributed by atoms with E-state index in [9.17, 15) is 0 Å². The molecule has 1 rings (SSSR count). The van der Waals surface area contributed by atoms with E-state index in [0.29, 0.717) is 6.04 Å². The van der Waals surface area contributed by atoms with Gasteiger partial charge in [-0.3, -0.25) is 0 Å². The fourth-order valence-corrected chi connectivity index (χ4v) is 2.64. The van der Waals surface area contributed by atoms with E-state index in [1.807, 2.05) is 0 Å². The van der Waals surface area contributed by atoms with Crippen LogP contribution in [0.15, 0.2) is 24.3 Å². The van der Waals surface area contributed by atoms with Crippen molar-refractivity contribution in [2.75, 3.05) is 18.0 Å². The van der Waals surface area contributed by atoms with E-state index in [2.05, 4.69) is 69.1 Å². The Hall–Kier alpha value is -1.02. The maximum absolute atomic E-state index is 3.64.